The van der Waals surface area contributed by atoms with E-state index in [4.69, 9.17) is 0 Å². The molecule has 1 N–H and O–H groups in total. The van der Waals surface area contributed by atoms with Crippen LogP contribution in [-0.2, 0) is 11.3 Å². The van der Waals surface area contributed by atoms with Crippen molar-refractivity contribution in [3.63, 3.8) is 0 Å². The number of benzene rings is 1. The maximum absolute atomic E-state index is 14.1. The van der Waals surface area contributed by atoms with Crippen LogP contribution in [0.2, 0.25) is 0 Å². The Balaban J connectivity index is 1.52. The Bertz CT molecular complexity index is 1120. The summed E-state index contributed by atoms with van der Waals surface area (Å²) in [6, 6.07) is 14.0. The largest absolute Gasteiger partial charge is 0.338 e. The Kier molecular flexibility index (Phi) is 5.52. The number of nitrogens with zero attached hydrogens (tertiary/aromatic N) is 5. The quantitative estimate of drug-likeness (QED) is 0.652. The lowest BCUT2D eigenvalue weighted by Crippen LogP contribution is -2.52. The molecule has 2 atom stereocenters. The molecule has 8 nitrogen and oxygen atoms in total. The van der Waals surface area contributed by atoms with Crippen molar-refractivity contribution in [2.75, 3.05) is 19.6 Å². The Morgan fingerprint density at radius 1 is 1.18 bits per heavy atom. The third-order valence-electron chi connectivity index (χ3n) is 7.09. The van der Waals surface area contributed by atoms with Crippen molar-refractivity contribution in [1.29, 1.82) is 0 Å². The molecule has 172 valence electrons. The molecule has 3 aromatic rings. The van der Waals surface area contributed by atoms with Crippen molar-refractivity contribution >= 4 is 11.8 Å². The summed E-state index contributed by atoms with van der Waals surface area (Å²) >= 11 is 0. The number of H-pyrrole nitrogens is 1. The molecule has 2 amide bonds. The van der Waals surface area contributed by atoms with Gasteiger partial charge in [0, 0.05) is 56.2 Å². The molecule has 8 heteroatoms. The van der Waals surface area contributed by atoms with Crippen molar-refractivity contribution in [2.24, 2.45) is 5.41 Å². The monoisotopic (exact) mass is 446 g/mol. The maximum atomic E-state index is 14.1. The first-order chi connectivity index (χ1) is 16.0. The molecule has 0 aliphatic carbocycles. The summed E-state index contributed by atoms with van der Waals surface area (Å²) in [6.45, 7) is 6.41. The third-order valence-corrected chi connectivity index (χ3v) is 7.09. The van der Waals surface area contributed by atoms with E-state index < -0.39 is 5.41 Å². The van der Waals surface area contributed by atoms with E-state index in [1.807, 2.05) is 38.7 Å². The number of piperidine rings is 1. The fraction of sp³-hybridized carbons (Fsp3) is 0.440. The molecule has 4 heterocycles. The minimum Gasteiger partial charge on any atom is -0.338 e. The average Bonchev–Trinajstić information content (AvgIpc) is 3.57. The first kappa shape index (κ1) is 21.4. The Hall–Kier alpha value is -3.42. The lowest BCUT2D eigenvalue weighted by Gasteiger charge is -2.42. The summed E-state index contributed by atoms with van der Waals surface area (Å²) in [6.07, 6.45) is 5.06. The normalized spacial score (nSPS) is 23.1. The Morgan fingerprint density at radius 3 is 2.73 bits per heavy atom. The lowest BCUT2D eigenvalue weighted by atomic mass is 9.70. The predicted molar refractivity (Wildman–Crippen MR) is 123 cm³/mol. The minimum atomic E-state index is -0.657. The first-order valence-electron chi connectivity index (χ1n) is 11.6. The topological polar surface area (TPSA) is 87.1 Å². The van der Waals surface area contributed by atoms with Crippen LogP contribution in [0, 0.1) is 5.41 Å². The van der Waals surface area contributed by atoms with Crippen molar-refractivity contribution in [1.82, 2.24) is 29.8 Å². The van der Waals surface area contributed by atoms with Crippen molar-refractivity contribution < 1.29 is 9.59 Å². The number of hydrogen-bond donors (Lipinski definition) is 1. The number of aromatic amines is 1. The number of amides is 2. The number of aromatic nitrogens is 4. The second-order valence-electron chi connectivity index (χ2n) is 9.47. The van der Waals surface area contributed by atoms with Crippen LogP contribution in [0.4, 0.5) is 0 Å². The highest BCUT2D eigenvalue weighted by Crippen LogP contribution is 2.50. The summed E-state index contributed by atoms with van der Waals surface area (Å²) in [5, 5.41) is 11.3. The molecule has 2 aliphatic heterocycles. The summed E-state index contributed by atoms with van der Waals surface area (Å²) in [5.74, 6) is -0.0858. The van der Waals surface area contributed by atoms with Gasteiger partial charge in [-0.3, -0.25) is 19.4 Å². The molecule has 0 saturated carbocycles. The number of nitrogens with one attached hydrogen (secondary N) is 1. The maximum Gasteiger partial charge on any atom is 0.271 e. The van der Waals surface area contributed by atoms with Crippen molar-refractivity contribution in [3.8, 4) is 0 Å². The molecule has 1 spiro atoms. The molecule has 1 aromatic carbocycles. The molecular formula is C25H30N6O2. The highest BCUT2D eigenvalue weighted by Gasteiger charge is 2.57. The fourth-order valence-corrected chi connectivity index (χ4v) is 5.55. The van der Waals surface area contributed by atoms with Crippen LogP contribution >= 0.6 is 0 Å². The van der Waals surface area contributed by atoms with Crippen LogP contribution < -0.4 is 0 Å². The molecule has 2 aromatic heterocycles. The van der Waals surface area contributed by atoms with Gasteiger partial charge in [0.15, 0.2) is 0 Å². The smallest absolute Gasteiger partial charge is 0.271 e. The number of carbonyl (C=O) groups is 2. The van der Waals surface area contributed by atoms with Gasteiger partial charge in [0.1, 0.15) is 5.69 Å². The standard InChI is InChI=1S/C25H30N6O2/c1-18(2)31-22(10-13-27-31)20-16-30(23(32)21-9-12-26-28-21)17-25(20)11-6-14-29(24(25)33)15-19-7-4-3-5-8-19/h3-5,7-10,12-13,18,20H,6,11,14-17H2,1-2H3,(H,26,28). The van der Waals surface area contributed by atoms with Gasteiger partial charge in [0.2, 0.25) is 5.91 Å². The molecule has 2 aliphatic rings. The second kappa shape index (κ2) is 8.50. The highest BCUT2D eigenvalue weighted by molar-refractivity contribution is 5.94. The van der Waals surface area contributed by atoms with E-state index in [0.717, 1.165) is 30.6 Å². The number of likely N-dealkylation sites (tertiary alicyclic amines) is 2. The minimum absolute atomic E-state index is 0.111. The molecule has 2 saturated heterocycles. The van der Waals surface area contributed by atoms with Gasteiger partial charge in [-0.25, -0.2) is 0 Å². The van der Waals surface area contributed by atoms with E-state index >= 15 is 0 Å². The SMILES string of the molecule is CC(C)n1nccc1C1CN(C(=O)c2ccn[nH]2)CC12CCCN(Cc1ccccc1)C2=O. The molecule has 0 bridgehead atoms. The van der Waals surface area contributed by atoms with Gasteiger partial charge >= 0.3 is 0 Å². The summed E-state index contributed by atoms with van der Waals surface area (Å²) in [5.41, 5.74) is 1.94. The third kappa shape index (κ3) is 3.73. The summed E-state index contributed by atoms with van der Waals surface area (Å²) in [7, 11) is 0. The Labute approximate surface area is 193 Å². The molecule has 5 rings (SSSR count). The van der Waals surface area contributed by atoms with E-state index in [1.54, 1.807) is 18.5 Å². The van der Waals surface area contributed by atoms with Gasteiger partial charge < -0.3 is 9.80 Å². The van der Waals surface area contributed by atoms with Gasteiger partial charge in [-0.2, -0.15) is 10.2 Å². The van der Waals surface area contributed by atoms with Crippen molar-refractivity contribution in [2.45, 2.75) is 45.2 Å². The average molecular weight is 447 g/mol. The molecule has 0 radical (unpaired) electrons. The van der Waals surface area contributed by atoms with E-state index in [0.29, 0.717) is 25.3 Å². The van der Waals surface area contributed by atoms with Gasteiger partial charge in [-0.05, 0) is 44.4 Å². The zero-order valence-electron chi connectivity index (χ0n) is 19.1. The van der Waals surface area contributed by atoms with Crippen LogP contribution in [0.3, 0.4) is 0 Å². The van der Waals surface area contributed by atoms with Crippen LogP contribution in [-0.4, -0.2) is 61.2 Å². The van der Waals surface area contributed by atoms with E-state index in [9.17, 15) is 9.59 Å². The molecule has 2 fully saturated rings. The number of hydrogen-bond acceptors (Lipinski definition) is 4. The van der Waals surface area contributed by atoms with Crippen molar-refractivity contribution in [3.05, 3.63) is 71.8 Å². The van der Waals surface area contributed by atoms with Crippen LogP contribution in [0.25, 0.3) is 0 Å². The van der Waals surface area contributed by atoms with E-state index in [1.165, 1.54) is 0 Å². The molecular weight excluding hydrogens is 416 g/mol. The zero-order chi connectivity index (χ0) is 23.0. The number of carbonyl (C=O) groups excluding carboxylic acids is 2. The van der Waals surface area contributed by atoms with Gasteiger partial charge in [0.25, 0.3) is 5.91 Å². The summed E-state index contributed by atoms with van der Waals surface area (Å²) < 4.78 is 2.00. The lowest BCUT2D eigenvalue weighted by molar-refractivity contribution is -0.147. The van der Waals surface area contributed by atoms with Gasteiger partial charge in [-0.15, -0.1) is 0 Å². The number of rotatable bonds is 5. The predicted octanol–water partition coefficient (Wildman–Crippen LogP) is 3.24. The van der Waals surface area contributed by atoms with Crippen LogP contribution in [0.1, 0.15) is 60.4 Å². The Morgan fingerprint density at radius 2 is 2.00 bits per heavy atom. The summed E-state index contributed by atoms with van der Waals surface area (Å²) in [4.78, 5) is 31.2. The molecule has 33 heavy (non-hydrogen) atoms. The molecule has 2 unspecified atom stereocenters. The van der Waals surface area contributed by atoms with Gasteiger partial charge in [0.05, 0.1) is 5.41 Å². The van der Waals surface area contributed by atoms with E-state index in [2.05, 4.69) is 41.3 Å². The van der Waals surface area contributed by atoms with E-state index in [-0.39, 0.29) is 23.8 Å². The van der Waals surface area contributed by atoms with Crippen LogP contribution in [0.5, 0.6) is 0 Å². The second-order valence-corrected chi connectivity index (χ2v) is 9.47. The van der Waals surface area contributed by atoms with Crippen LogP contribution in [0.15, 0.2) is 54.9 Å². The zero-order valence-corrected chi connectivity index (χ0v) is 19.1. The van der Waals surface area contributed by atoms with Gasteiger partial charge in [-0.1, -0.05) is 30.3 Å². The fourth-order valence-electron chi connectivity index (χ4n) is 5.55. The first-order valence-corrected chi connectivity index (χ1v) is 11.6. The highest BCUT2D eigenvalue weighted by atomic mass is 16.2.